The summed E-state index contributed by atoms with van der Waals surface area (Å²) in [6.07, 6.45) is 11.2. The van der Waals surface area contributed by atoms with E-state index in [1.807, 2.05) is 0 Å². The van der Waals surface area contributed by atoms with E-state index in [1.165, 1.54) is 72.9 Å². The van der Waals surface area contributed by atoms with Gasteiger partial charge in [0.05, 0.1) is 0 Å². The summed E-state index contributed by atoms with van der Waals surface area (Å²) in [6.45, 7) is 0. The number of fused-ring (bicyclic) bond motifs is 2. The van der Waals surface area contributed by atoms with Gasteiger partial charge in [0.2, 0.25) is 0 Å². The largest absolute Gasteiger partial charge is 0.0616 e. The Morgan fingerprint density at radius 1 is 0.565 bits per heavy atom. The van der Waals surface area contributed by atoms with Crippen molar-refractivity contribution in [2.24, 2.45) is 0 Å². The first-order chi connectivity index (χ1) is 11.4. The van der Waals surface area contributed by atoms with E-state index in [1.54, 1.807) is 5.56 Å². The van der Waals surface area contributed by atoms with Crippen LogP contribution < -0.4 is 0 Å². The Bertz CT molecular complexity index is 789. The van der Waals surface area contributed by atoms with Gasteiger partial charge in [-0.2, -0.15) is 0 Å². The second-order valence-electron chi connectivity index (χ2n) is 7.16. The Kier molecular flexibility index (Phi) is 4.33. The number of hydrogen-bond donors (Lipinski definition) is 0. The standard InChI is InChI=1S/C23H26/c1-2-4-6-11-18(10-5-3-1)22-15-9-14-21-16-19-12-7-8-13-20(19)17-23(21)22/h7-9,12-18H,1-6,10-11H2. The SMILES string of the molecule is c1ccc2cc3c(C4CCCCCCCC4)cccc3cc2c1. The van der Waals surface area contributed by atoms with Crippen molar-refractivity contribution in [1.29, 1.82) is 0 Å². The molecule has 0 bridgehead atoms. The lowest BCUT2D eigenvalue weighted by molar-refractivity contribution is 0.542. The van der Waals surface area contributed by atoms with Gasteiger partial charge >= 0.3 is 0 Å². The molecule has 0 radical (unpaired) electrons. The molecule has 3 aromatic rings. The van der Waals surface area contributed by atoms with Gasteiger partial charge in [-0.15, -0.1) is 0 Å². The zero-order valence-corrected chi connectivity index (χ0v) is 13.9. The molecule has 0 heterocycles. The Morgan fingerprint density at radius 3 is 1.91 bits per heavy atom. The monoisotopic (exact) mass is 302 g/mol. The summed E-state index contributed by atoms with van der Waals surface area (Å²) in [5.41, 5.74) is 1.59. The zero-order chi connectivity index (χ0) is 15.5. The number of hydrogen-bond acceptors (Lipinski definition) is 0. The van der Waals surface area contributed by atoms with Gasteiger partial charge in [-0.1, -0.05) is 81.0 Å². The van der Waals surface area contributed by atoms with Crippen LogP contribution in [0.1, 0.15) is 62.8 Å². The van der Waals surface area contributed by atoms with E-state index >= 15 is 0 Å². The molecule has 0 atom stereocenters. The molecule has 1 aliphatic carbocycles. The van der Waals surface area contributed by atoms with Crippen LogP contribution in [0.25, 0.3) is 21.5 Å². The van der Waals surface area contributed by atoms with E-state index in [0.717, 1.165) is 5.92 Å². The minimum absolute atomic E-state index is 0.748. The van der Waals surface area contributed by atoms with Gasteiger partial charge in [0.1, 0.15) is 0 Å². The average Bonchev–Trinajstić information content (AvgIpc) is 2.73. The molecule has 0 unspecified atom stereocenters. The van der Waals surface area contributed by atoms with E-state index in [4.69, 9.17) is 0 Å². The molecule has 0 spiro atoms. The Hall–Kier alpha value is -1.82. The Balaban J connectivity index is 1.79. The predicted molar refractivity (Wildman–Crippen MR) is 101 cm³/mol. The Labute approximate surface area is 139 Å². The first-order valence-electron chi connectivity index (χ1n) is 9.33. The van der Waals surface area contributed by atoms with E-state index in [-0.39, 0.29) is 0 Å². The third kappa shape index (κ3) is 3.13. The molecule has 1 aliphatic rings. The highest BCUT2D eigenvalue weighted by atomic mass is 14.2. The number of rotatable bonds is 1. The lowest BCUT2D eigenvalue weighted by Crippen LogP contribution is -2.00. The van der Waals surface area contributed by atoms with Gasteiger partial charge in [-0.25, -0.2) is 0 Å². The zero-order valence-electron chi connectivity index (χ0n) is 13.9. The maximum Gasteiger partial charge on any atom is -0.0143 e. The topological polar surface area (TPSA) is 0 Å². The van der Waals surface area contributed by atoms with Crippen molar-refractivity contribution in [1.82, 2.24) is 0 Å². The van der Waals surface area contributed by atoms with Crippen LogP contribution in [-0.2, 0) is 0 Å². The molecule has 0 aliphatic heterocycles. The minimum atomic E-state index is 0.748. The molecule has 3 aromatic carbocycles. The molecule has 23 heavy (non-hydrogen) atoms. The first-order valence-corrected chi connectivity index (χ1v) is 9.33. The molecular formula is C23H26. The molecule has 0 N–H and O–H groups in total. The maximum atomic E-state index is 2.42. The summed E-state index contributed by atoms with van der Waals surface area (Å²) in [4.78, 5) is 0. The van der Waals surface area contributed by atoms with Crippen molar-refractivity contribution < 1.29 is 0 Å². The third-order valence-electron chi connectivity index (χ3n) is 5.58. The van der Waals surface area contributed by atoms with Gasteiger partial charge < -0.3 is 0 Å². The van der Waals surface area contributed by atoms with Crippen molar-refractivity contribution in [3.63, 3.8) is 0 Å². The normalized spacial score (nSPS) is 17.7. The summed E-state index contributed by atoms with van der Waals surface area (Å²) in [7, 11) is 0. The molecule has 4 rings (SSSR count). The summed E-state index contributed by atoms with van der Waals surface area (Å²) >= 11 is 0. The van der Waals surface area contributed by atoms with E-state index < -0.39 is 0 Å². The number of benzene rings is 3. The minimum Gasteiger partial charge on any atom is -0.0616 e. The van der Waals surface area contributed by atoms with Crippen LogP contribution in [-0.4, -0.2) is 0 Å². The van der Waals surface area contributed by atoms with Crippen molar-refractivity contribution in [3.8, 4) is 0 Å². The highest BCUT2D eigenvalue weighted by Gasteiger charge is 2.15. The van der Waals surface area contributed by atoms with Crippen molar-refractivity contribution in [2.75, 3.05) is 0 Å². The van der Waals surface area contributed by atoms with Crippen LogP contribution in [0.15, 0.2) is 54.6 Å². The second-order valence-corrected chi connectivity index (χ2v) is 7.16. The fraction of sp³-hybridized carbons (Fsp3) is 0.391. The van der Waals surface area contributed by atoms with Crippen LogP contribution >= 0.6 is 0 Å². The van der Waals surface area contributed by atoms with Crippen molar-refractivity contribution in [2.45, 2.75) is 57.3 Å². The van der Waals surface area contributed by atoms with Crippen LogP contribution in [0, 0.1) is 0 Å². The van der Waals surface area contributed by atoms with Crippen LogP contribution in [0.2, 0.25) is 0 Å². The van der Waals surface area contributed by atoms with Gasteiger partial charge in [-0.05, 0) is 58.0 Å². The molecule has 118 valence electrons. The molecule has 0 saturated heterocycles. The molecule has 1 saturated carbocycles. The molecular weight excluding hydrogens is 276 g/mol. The van der Waals surface area contributed by atoms with Gasteiger partial charge in [0.15, 0.2) is 0 Å². The summed E-state index contributed by atoms with van der Waals surface area (Å²) < 4.78 is 0. The average molecular weight is 302 g/mol. The third-order valence-corrected chi connectivity index (χ3v) is 5.58. The Morgan fingerprint density at radius 2 is 1.17 bits per heavy atom. The lowest BCUT2D eigenvalue weighted by atomic mass is 9.86. The summed E-state index contributed by atoms with van der Waals surface area (Å²) in [5.74, 6) is 0.748. The fourth-order valence-electron chi connectivity index (χ4n) is 4.29. The molecule has 1 fully saturated rings. The predicted octanol–water partition coefficient (Wildman–Crippen LogP) is 7.21. The maximum absolute atomic E-state index is 2.42. The van der Waals surface area contributed by atoms with Crippen LogP contribution in [0.4, 0.5) is 0 Å². The molecule has 0 nitrogen and oxygen atoms in total. The summed E-state index contributed by atoms with van der Waals surface area (Å²) in [5, 5.41) is 5.61. The van der Waals surface area contributed by atoms with Gasteiger partial charge in [-0.3, -0.25) is 0 Å². The lowest BCUT2D eigenvalue weighted by Gasteiger charge is -2.19. The van der Waals surface area contributed by atoms with Gasteiger partial charge in [0, 0.05) is 0 Å². The van der Waals surface area contributed by atoms with E-state index in [2.05, 4.69) is 54.6 Å². The van der Waals surface area contributed by atoms with E-state index in [9.17, 15) is 0 Å². The highest BCUT2D eigenvalue weighted by Crippen LogP contribution is 2.36. The van der Waals surface area contributed by atoms with Gasteiger partial charge in [0.25, 0.3) is 0 Å². The van der Waals surface area contributed by atoms with Crippen molar-refractivity contribution >= 4 is 21.5 Å². The quantitative estimate of drug-likeness (QED) is 0.416. The smallest absolute Gasteiger partial charge is 0.0143 e. The molecule has 0 heteroatoms. The molecule has 0 aromatic heterocycles. The highest BCUT2D eigenvalue weighted by molar-refractivity contribution is 5.99. The van der Waals surface area contributed by atoms with Crippen LogP contribution in [0.5, 0.6) is 0 Å². The second kappa shape index (κ2) is 6.74. The van der Waals surface area contributed by atoms with Crippen molar-refractivity contribution in [3.05, 3.63) is 60.2 Å². The van der Waals surface area contributed by atoms with E-state index in [0.29, 0.717) is 0 Å². The summed E-state index contributed by atoms with van der Waals surface area (Å²) in [6, 6.07) is 20.5. The fourth-order valence-corrected chi connectivity index (χ4v) is 4.29. The van der Waals surface area contributed by atoms with Crippen LogP contribution in [0.3, 0.4) is 0 Å². The first kappa shape index (κ1) is 14.8. The molecule has 0 amide bonds.